The second-order valence-corrected chi connectivity index (χ2v) is 6.51. The number of nitrogens with zero attached hydrogens (tertiary/aromatic N) is 5. The van der Waals surface area contributed by atoms with Gasteiger partial charge in [0, 0.05) is 38.4 Å². The number of likely N-dealkylation sites (N-methyl/N-ethyl adjacent to an activating group) is 1. The third-order valence-corrected chi connectivity index (χ3v) is 4.41. The van der Waals surface area contributed by atoms with Gasteiger partial charge in [0.2, 0.25) is 5.91 Å². The summed E-state index contributed by atoms with van der Waals surface area (Å²) >= 11 is 0. The predicted octanol–water partition coefficient (Wildman–Crippen LogP) is 1.72. The van der Waals surface area contributed by atoms with E-state index in [2.05, 4.69) is 5.10 Å². The molecule has 7 heteroatoms. The van der Waals surface area contributed by atoms with Crippen LogP contribution in [0.5, 0.6) is 0 Å². The average molecular weight is 341 g/mol. The molecular weight excluding hydrogens is 321 g/mol. The van der Waals surface area contributed by atoms with Crippen molar-refractivity contribution in [1.29, 1.82) is 5.26 Å². The first-order valence-corrected chi connectivity index (χ1v) is 8.12. The number of amides is 1. The first-order chi connectivity index (χ1) is 12.0. The summed E-state index contributed by atoms with van der Waals surface area (Å²) in [6.45, 7) is 4.00. The highest BCUT2D eigenvalue weighted by Crippen LogP contribution is 2.21. The lowest BCUT2D eigenvalue weighted by Gasteiger charge is -2.39. The van der Waals surface area contributed by atoms with Crippen LogP contribution in [0.1, 0.15) is 22.7 Å². The third kappa shape index (κ3) is 3.86. The highest BCUT2D eigenvalue weighted by Gasteiger charge is 2.30. The van der Waals surface area contributed by atoms with Crippen LogP contribution in [0.25, 0.3) is 0 Å². The van der Waals surface area contributed by atoms with Crippen LogP contribution in [-0.2, 0) is 11.3 Å². The number of likely N-dealkylation sites (tertiary alicyclic amines) is 1. The smallest absolute Gasteiger partial charge is 0.236 e. The summed E-state index contributed by atoms with van der Waals surface area (Å²) in [6, 6.07) is 6.46. The number of aromatic nitrogens is 2. The van der Waals surface area contributed by atoms with Crippen molar-refractivity contribution in [1.82, 2.24) is 19.6 Å². The molecular formula is C18H20FN5O. The van der Waals surface area contributed by atoms with Gasteiger partial charge in [-0.3, -0.25) is 14.4 Å². The quantitative estimate of drug-likeness (QED) is 0.831. The normalized spacial score (nSPS) is 14.8. The van der Waals surface area contributed by atoms with E-state index in [1.165, 1.54) is 23.1 Å². The molecule has 0 spiro atoms. The van der Waals surface area contributed by atoms with Crippen molar-refractivity contribution in [2.45, 2.75) is 19.5 Å². The molecule has 25 heavy (non-hydrogen) atoms. The van der Waals surface area contributed by atoms with Gasteiger partial charge in [0.05, 0.1) is 30.4 Å². The van der Waals surface area contributed by atoms with Gasteiger partial charge < -0.3 is 4.90 Å². The van der Waals surface area contributed by atoms with E-state index in [4.69, 9.17) is 5.26 Å². The SMILES string of the molecule is Cc1cnn(C2CN(CC(=O)N(C)Cc3cc(C#N)ccc3F)C2)c1. The molecule has 1 aromatic carbocycles. The lowest BCUT2D eigenvalue weighted by molar-refractivity contribution is -0.133. The fourth-order valence-electron chi connectivity index (χ4n) is 2.89. The Morgan fingerprint density at radius 1 is 1.48 bits per heavy atom. The number of benzene rings is 1. The predicted molar refractivity (Wildman–Crippen MR) is 90.0 cm³/mol. The Morgan fingerprint density at radius 3 is 2.88 bits per heavy atom. The first kappa shape index (κ1) is 17.1. The van der Waals surface area contributed by atoms with Gasteiger partial charge in [-0.25, -0.2) is 4.39 Å². The van der Waals surface area contributed by atoms with Crippen LogP contribution in [0.15, 0.2) is 30.6 Å². The highest BCUT2D eigenvalue weighted by atomic mass is 19.1. The van der Waals surface area contributed by atoms with E-state index < -0.39 is 5.82 Å². The maximum absolute atomic E-state index is 13.8. The standard InChI is InChI=1S/C18H20FN5O/c1-13-7-21-24(8-13)16-10-23(11-16)12-18(25)22(2)9-15-5-14(6-20)3-4-17(15)19/h3-5,7-8,16H,9-12H2,1-2H3. The largest absolute Gasteiger partial charge is 0.340 e. The molecule has 3 rings (SSSR count). The molecule has 2 heterocycles. The van der Waals surface area contributed by atoms with Crippen molar-refractivity contribution in [3.8, 4) is 6.07 Å². The zero-order chi connectivity index (χ0) is 18.0. The van der Waals surface area contributed by atoms with Gasteiger partial charge in [-0.2, -0.15) is 10.4 Å². The Hall–Kier alpha value is -2.72. The molecule has 1 aliphatic heterocycles. The maximum Gasteiger partial charge on any atom is 0.236 e. The van der Waals surface area contributed by atoms with Crippen LogP contribution in [0, 0.1) is 24.1 Å². The number of halogens is 1. The summed E-state index contributed by atoms with van der Waals surface area (Å²) < 4.78 is 15.8. The van der Waals surface area contributed by atoms with E-state index in [1.807, 2.05) is 35.0 Å². The number of nitriles is 1. The topological polar surface area (TPSA) is 65.2 Å². The van der Waals surface area contributed by atoms with Crippen molar-refractivity contribution < 1.29 is 9.18 Å². The van der Waals surface area contributed by atoms with Crippen molar-refractivity contribution >= 4 is 5.91 Å². The van der Waals surface area contributed by atoms with Crippen LogP contribution < -0.4 is 0 Å². The third-order valence-electron chi connectivity index (χ3n) is 4.41. The minimum Gasteiger partial charge on any atom is -0.340 e. The minimum atomic E-state index is -0.406. The summed E-state index contributed by atoms with van der Waals surface area (Å²) in [5.74, 6) is -0.478. The molecule has 0 atom stereocenters. The van der Waals surface area contributed by atoms with Crippen LogP contribution in [0.4, 0.5) is 4.39 Å². The molecule has 0 saturated carbocycles. The van der Waals surface area contributed by atoms with E-state index in [-0.39, 0.29) is 12.5 Å². The van der Waals surface area contributed by atoms with Gasteiger partial charge >= 0.3 is 0 Å². The Balaban J connectivity index is 1.51. The van der Waals surface area contributed by atoms with Gasteiger partial charge in [0.15, 0.2) is 0 Å². The second kappa shape index (κ2) is 7.03. The van der Waals surface area contributed by atoms with E-state index in [0.717, 1.165) is 18.7 Å². The first-order valence-electron chi connectivity index (χ1n) is 8.12. The molecule has 0 unspecified atom stereocenters. The number of carbonyl (C=O) groups is 1. The van der Waals surface area contributed by atoms with Gasteiger partial charge in [0.1, 0.15) is 5.82 Å². The van der Waals surface area contributed by atoms with Crippen LogP contribution in [0.3, 0.4) is 0 Å². The number of carbonyl (C=O) groups excluding carboxylic acids is 1. The van der Waals surface area contributed by atoms with Crippen LogP contribution >= 0.6 is 0 Å². The number of aryl methyl sites for hydroxylation is 1. The molecule has 6 nitrogen and oxygen atoms in total. The molecule has 1 fully saturated rings. The minimum absolute atomic E-state index is 0.0724. The molecule has 2 aromatic rings. The van der Waals surface area contributed by atoms with E-state index >= 15 is 0 Å². The second-order valence-electron chi connectivity index (χ2n) is 6.51. The van der Waals surface area contributed by atoms with Crippen molar-refractivity contribution in [3.05, 3.63) is 53.1 Å². The summed E-state index contributed by atoms with van der Waals surface area (Å²) in [5.41, 5.74) is 1.86. The van der Waals surface area contributed by atoms with E-state index in [0.29, 0.717) is 23.7 Å². The molecule has 1 aliphatic rings. The molecule has 130 valence electrons. The van der Waals surface area contributed by atoms with Gasteiger partial charge in [-0.05, 0) is 30.7 Å². The van der Waals surface area contributed by atoms with Crippen molar-refractivity contribution in [2.24, 2.45) is 0 Å². The monoisotopic (exact) mass is 341 g/mol. The van der Waals surface area contributed by atoms with E-state index in [1.54, 1.807) is 7.05 Å². The Kier molecular flexibility index (Phi) is 4.81. The van der Waals surface area contributed by atoms with Crippen LogP contribution in [-0.4, -0.2) is 52.2 Å². The van der Waals surface area contributed by atoms with Gasteiger partial charge in [-0.15, -0.1) is 0 Å². The van der Waals surface area contributed by atoms with Crippen molar-refractivity contribution in [3.63, 3.8) is 0 Å². The average Bonchev–Trinajstić information content (AvgIpc) is 2.98. The molecule has 1 aromatic heterocycles. The van der Waals surface area contributed by atoms with Crippen LogP contribution in [0.2, 0.25) is 0 Å². The lowest BCUT2D eigenvalue weighted by atomic mass is 10.1. The Morgan fingerprint density at radius 2 is 2.24 bits per heavy atom. The van der Waals surface area contributed by atoms with Gasteiger partial charge in [-0.1, -0.05) is 0 Å². The summed E-state index contributed by atoms with van der Waals surface area (Å²) in [7, 11) is 1.65. The zero-order valence-electron chi connectivity index (χ0n) is 14.3. The molecule has 0 N–H and O–H groups in total. The number of hydrogen-bond donors (Lipinski definition) is 0. The number of rotatable bonds is 5. The lowest BCUT2D eigenvalue weighted by Crippen LogP contribution is -2.51. The summed E-state index contributed by atoms with van der Waals surface area (Å²) in [6.07, 6.45) is 3.83. The molecule has 1 amide bonds. The molecule has 0 bridgehead atoms. The fourth-order valence-corrected chi connectivity index (χ4v) is 2.89. The highest BCUT2D eigenvalue weighted by molar-refractivity contribution is 5.78. The van der Waals surface area contributed by atoms with Gasteiger partial charge in [0.25, 0.3) is 0 Å². The molecule has 1 saturated heterocycles. The van der Waals surface area contributed by atoms with E-state index in [9.17, 15) is 9.18 Å². The van der Waals surface area contributed by atoms with Crippen molar-refractivity contribution in [2.75, 3.05) is 26.7 Å². The number of hydrogen-bond acceptors (Lipinski definition) is 4. The summed E-state index contributed by atoms with van der Waals surface area (Å²) in [5, 5.41) is 13.2. The maximum atomic E-state index is 13.8. The zero-order valence-corrected chi connectivity index (χ0v) is 14.3. The molecule has 0 aliphatic carbocycles. The Bertz CT molecular complexity index is 819. The fraction of sp³-hybridized carbons (Fsp3) is 0.389. The Labute approximate surface area is 146 Å². The summed E-state index contributed by atoms with van der Waals surface area (Å²) in [4.78, 5) is 15.9. The molecule has 0 radical (unpaired) electrons.